The van der Waals surface area contributed by atoms with Gasteiger partial charge in [0.05, 0.1) is 20.3 Å². The fraction of sp³-hybridized carbons (Fsp3) is 0.632. The summed E-state index contributed by atoms with van der Waals surface area (Å²) in [6.45, 7) is 10.6. The molecule has 2 N–H and O–H groups in total. The Labute approximate surface area is 151 Å². The van der Waals surface area contributed by atoms with Crippen molar-refractivity contribution in [1.29, 1.82) is 0 Å². The number of benzene rings is 1. The number of rotatable bonds is 10. The largest absolute Gasteiger partial charge is 0.493 e. The van der Waals surface area contributed by atoms with Crippen molar-refractivity contribution in [3.63, 3.8) is 0 Å². The number of nitrogens with one attached hydrogen (secondary N) is 2. The Morgan fingerprint density at radius 2 is 2.04 bits per heavy atom. The van der Waals surface area contributed by atoms with Crippen molar-refractivity contribution in [2.45, 2.75) is 39.7 Å². The molecule has 140 valence electrons. The number of guanidine groups is 1. The number of aliphatic imine (C=N–C) groups is 1. The van der Waals surface area contributed by atoms with Crippen LogP contribution in [0.25, 0.3) is 0 Å². The minimum absolute atomic E-state index is 0.599. The molecule has 0 spiro atoms. The first-order valence-corrected chi connectivity index (χ1v) is 9.32. The summed E-state index contributed by atoms with van der Waals surface area (Å²) < 4.78 is 11.0. The first-order valence-electron chi connectivity index (χ1n) is 9.32. The standard InChI is InChI=1S/C19H32N4O2/c1-5-20-19(21-12-13-23(6-2)16-9-10-16)22-15-8-11-17(24-4)18(14-15)25-7-3/h8,11,14,16H,5-7,9-10,12-13H2,1-4H3,(H2,20,21,22). The van der Waals surface area contributed by atoms with E-state index >= 15 is 0 Å². The van der Waals surface area contributed by atoms with Crippen LogP contribution in [0.4, 0.5) is 5.69 Å². The maximum Gasteiger partial charge on any atom is 0.195 e. The van der Waals surface area contributed by atoms with Crippen LogP contribution in [0.15, 0.2) is 23.2 Å². The summed E-state index contributed by atoms with van der Waals surface area (Å²) in [7, 11) is 1.65. The highest BCUT2D eigenvalue weighted by molar-refractivity contribution is 5.93. The molecule has 0 aromatic heterocycles. The Bertz CT molecular complexity index is 558. The van der Waals surface area contributed by atoms with Crippen LogP contribution >= 0.6 is 0 Å². The van der Waals surface area contributed by atoms with Gasteiger partial charge in [0.15, 0.2) is 17.5 Å². The maximum absolute atomic E-state index is 5.64. The molecule has 6 heteroatoms. The van der Waals surface area contributed by atoms with Crippen LogP contribution in [-0.2, 0) is 0 Å². The van der Waals surface area contributed by atoms with Crippen molar-refractivity contribution >= 4 is 11.6 Å². The first-order chi connectivity index (χ1) is 12.2. The van der Waals surface area contributed by atoms with Crippen molar-refractivity contribution in [2.24, 2.45) is 4.99 Å². The summed E-state index contributed by atoms with van der Waals surface area (Å²) in [5, 5.41) is 6.65. The number of likely N-dealkylation sites (N-methyl/N-ethyl adjacent to an activating group) is 1. The molecule has 25 heavy (non-hydrogen) atoms. The van der Waals surface area contributed by atoms with Crippen molar-refractivity contribution in [2.75, 3.05) is 45.2 Å². The molecule has 0 aliphatic heterocycles. The fourth-order valence-electron chi connectivity index (χ4n) is 2.80. The molecule has 0 heterocycles. The van der Waals surface area contributed by atoms with Crippen LogP contribution in [0, 0.1) is 0 Å². The van der Waals surface area contributed by atoms with Crippen molar-refractivity contribution in [1.82, 2.24) is 10.2 Å². The monoisotopic (exact) mass is 348 g/mol. The Morgan fingerprint density at radius 3 is 2.64 bits per heavy atom. The molecule has 1 saturated carbocycles. The van der Waals surface area contributed by atoms with Gasteiger partial charge in [-0.05, 0) is 45.4 Å². The summed E-state index contributed by atoms with van der Waals surface area (Å²) >= 11 is 0. The molecule has 1 aliphatic carbocycles. The van der Waals surface area contributed by atoms with Gasteiger partial charge in [0.2, 0.25) is 0 Å². The van der Waals surface area contributed by atoms with E-state index < -0.39 is 0 Å². The zero-order chi connectivity index (χ0) is 18.1. The van der Waals surface area contributed by atoms with Crippen LogP contribution in [0.1, 0.15) is 33.6 Å². The normalized spacial score (nSPS) is 14.5. The van der Waals surface area contributed by atoms with Crippen LogP contribution in [0.2, 0.25) is 0 Å². The van der Waals surface area contributed by atoms with E-state index in [1.807, 2.05) is 25.1 Å². The predicted molar refractivity (Wildman–Crippen MR) is 104 cm³/mol. The summed E-state index contributed by atoms with van der Waals surface area (Å²) in [4.78, 5) is 7.21. The van der Waals surface area contributed by atoms with Gasteiger partial charge in [-0.3, -0.25) is 9.89 Å². The predicted octanol–water partition coefficient (Wildman–Crippen LogP) is 2.96. The molecule has 0 saturated heterocycles. The summed E-state index contributed by atoms with van der Waals surface area (Å²) in [5.74, 6) is 2.26. The molecule has 1 aromatic rings. The van der Waals surface area contributed by atoms with Gasteiger partial charge < -0.3 is 20.1 Å². The highest BCUT2D eigenvalue weighted by atomic mass is 16.5. The van der Waals surface area contributed by atoms with E-state index in [0.29, 0.717) is 6.61 Å². The third-order valence-corrected chi connectivity index (χ3v) is 4.20. The highest BCUT2D eigenvalue weighted by Crippen LogP contribution is 2.30. The second kappa shape index (κ2) is 10.1. The first kappa shape index (κ1) is 19.4. The number of ether oxygens (including phenoxy) is 2. The van der Waals surface area contributed by atoms with Gasteiger partial charge >= 0.3 is 0 Å². The maximum atomic E-state index is 5.64. The average molecular weight is 348 g/mol. The van der Waals surface area contributed by atoms with Crippen molar-refractivity contribution in [3.05, 3.63) is 18.2 Å². The molecule has 6 nitrogen and oxygen atoms in total. The average Bonchev–Trinajstić information content (AvgIpc) is 3.44. The lowest BCUT2D eigenvalue weighted by atomic mass is 10.2. The Morgan fingerprint density at radius 1 is 1.24 bits per heavy atom. The minimum Gasteiger partial charge on any atom is -0.493 e. The van der Waals surface area contributed by atoms with Gasteiger partial charge in [0.25, 0.3) is 0 Å². The summed E-state index contributed by atoms with van der Waals surface area (Å²) in [5.41, 5.74) is 0.929. The van der Waals surface area contributed by atoms with Crippen LogP contribution in [-0.4, -0.2) is 56.8 Å². The Hall–Kier alpha value is -1.95. The fourth-order valence-corrected chi connectivity index (χ4v) is 2.80. The van der Waals surface area contributed by atoms with Gasteiger partial charge in [-0.25, -0.2) is 0 Å². The summed E-state index contributed by atoms with van der Waals surface area (Å²) in [6.07, 6.45) is 2.67. The smallest absolute Gasteiger partial charge is 0.195 e. The Kier molecular flexibility index (Phi) is 7.85. The topological polar surface area (TPSA) is 58.1 Å². The van der Waals surface area contributed by atoms with E-state index in [4.69, 9.17) is 14.5 Å². The van der Waals surface area contributed by atoms with Gasteiger partial charge in [-0.1, -0.05) is 6.92 Å². The van der Waals surface area contributed by atoms with Gasteiger partial charge in [-0.2, -0.15) is 0 Å². The van der Waals surface area contributed by atoms with E-state index in [1.165, 1.54) is 12.8 Å². The second-order valence-corrected chi connectivity index (χ2v) is 6.04. The number of hydrogen-bond acceptors (Lipinski definition) is 4. The van der Waals surface area contributed by atoms with Gasteiger partial charge in [0.1, 0.15) is 0 Å². The molecule has 0 bridgehead atoms. The third kappa shape index (κ3) is 6.12. The molecular weight excluding hydrogens is 316 g/mol. The molecule has 0 atom stereocenters. The minimum atomic E-state index is 0.599. The van der Waals surface area contributed by atoms with Gasteiger partial charge in [0, 0.05) is 30.9 Å². The van der Waals surface area contributed by atoms with E-state index in [-0.39, 0.29) is 0 Å². The Balaban J connectivity index is 1.99. The molecule has 1 fully saturated rings. The lowest BCUT2D eigenvalue weighted by Gasteiger charge is -2.19. The zero-order valence-corrected chi connectivity index (χ0v) is 16.0. The molecule has 2 rings (SSSR count). The lowest BCUT2D eigenvalue weighted by Crippen LogP contribution is -2.33. The van der Waals surface area contributed by atoms with Crippen LogP contribution < -0.4 is 20.1 Å². The van der Waals surface area contributed by atoms with Crippen LogP contribution in [0.5, 0.6) is 11.5 Å². The van der Waals surface area contributed by atoms with E-state index in [2.05, 4.69) is 29.4 Å². The van der Waals surface area contributed by atoms with Crippen LogP contribution in [0.3, 0.4) is 0 Å². The van der Waals surface area contributed by atoms with Gasteiger partial charge in [-0.15, -0.1) is 0 Å². The lowest BCUT2D eigenvalue weighted by molar-refractivity contribution is 0.286. The van der Waals surface area contributed by atoms with Crippen molar-refractivity contribution in [3.8, 4) is 11.5 Å². The molecule has 1 aromatic carbocycles. The number of hydrogen-bond donors (Lipinski definition) is 2. The third-order valence-electron chi connectivity index (χ3n) is 4.20. The van der Waals surface area contributed by atoms with Crippen molar-refractivity contribution < 1.29 is 9.47 Å². The highest BCUT2D eigenvalue weighted by Gasteiger charge is 2.27. The molecule has 1 aliphatic rings. The van der Waals surface area contributed by atoms with E-state index in [0.717, 1.165) is 55.4 Å². The molecule has 0 radical (unpaired) electrons. The van der Waals surface area contributed by atoms with E-state index in [9.17, 15) is 0 Å². The number of anilines is 1. The quantitative estimate of drug-likeness (QED) is 0.503. The molecule has 0 unspecified atom stereocenters. The second-order valence-electron chi connectivity index (χ2n) is 6.04. The molecule has 0 amide bonds. The SMILES string of the molecule is CCNC(=NCCN(CC)C1CC1)Nc1ccc(OC)c(OCC)c1. The van der Waals surface area contributed by atoms with E-state index in [1.54, 1.807) is 7.11 Å². The molecular formula is C19H32N4O2. The zero-order valence-electron chi connectivity index (χ0n) is 16.0. The summed E-state index contributed by atoms with van der Waals surface area (Å²) in [6, 6.07) is 6.60. The number of nitrogens with zero attached hydrogens (tertiary/aromatic N) is 2. The number of methoxy groups -OCH3 is 1.